The van der Waals surface area contributed by atoms with E-state index in [1.807, 2.05) is 19.1 Å². The molecule has 1 aliphatic heterocycles. The zero-order chi connectivity index (χ0) is 18.8. The first-order valence-electron chi connectivity index (χ1n) is 9.56. The van der Waals surface area contributed by atoms with E-state index in [4.69, 9.17) is 4.74 Å². The molecule has 0 unspecified atom stereocenters. The third-order valence-electron chi connectivity index (χ3n) is 4.92. The number of nitrogens with zero attached hydrogens (tertiary/aromatic N) is 1. The third kappa shape index (κ3) is 5.57. The molecule has 3 nitrogen and oxygen atoms in total. The van der Waals surface area contributed by atoms with Crippen LogP contribution in [0.4, 0.5) is 0 Å². The van der Waals surface area contributed by atoms with E-state index < -0.39 is 0 Å². The first-order chi connectivity index (χ1) is 11.5. The summed E-state index contributed by atoms with van der Waals surface area (Å²) in [7, 11) is 0. The molecule has 0 N–H and O–H groups in total. The average Bonchev–Trinajstić information content (AvgIpc) is 2.97. The van der Waals surface area contributed by atoms with Gasteiger partial charge >= 0.3 is 5.97 Å². The number of hydrogen-bond donors (Lipinski definition) is 0. The van der Waals surface area contributed by atoms with Gasteiger partial charge in [-0.25, -0.2) is 4.79 Å². The summed E-state index contributed by atoms with van der Waals surface area (Å²) in [6.45, 7) is 18.1. The highest BCUT2D eigenvalue weighted by Crippen LogP contribution is 2.30. The first-order valence-corrected chi connectivity index (χ1v) is 9.56. The fourth-order valence-corrected chi connectivity index (χ4v) is 3.23. The van der Waals surface area contributed by atoms with Crippen molar-refractivity contribution < 1.29 is 9.53 Å². The van der Waals surface area contributed by atoms with Gasteiger partial charge in [-0.3, -0.25) is 4.90 Å². The summed E-state index contributed by atoms with van der Waals surface area (Å²) in [5.41, 5.74) is 3.03. The first kappa shape index (κ1) is 20.0. The quantitative estimate of drug-likeness (QED) is 0.725. The van der Waals surface area contributed by atoms with Crippen LogP contribution in [0, 0.1) is 0 Å². The van der Waals surface area contributed by atoms with E-state index in [-0.39, 0.29) is 22.9 Å². The molecule has 1 heterocycles. The second-order valence-electron chi connectivity index (χ2n) is 9.52. The maximum atomic E-state index is 12.7. The van der Waals surface area contributed by atoms with Gasteiger partial charge in [0.1, 0.15) is 6.10 Å². The van der Waals surface area contributed by atoms with Crippen LogP contribution in [0.3, 0.4) is 0 Å². The fraction of sp³-hybridized carbons (Fsp3) is 0.682. The number of hydrogen-bond acceptors (Lipinski definition) is 3. The minimum absolute atomic E-state index is 0.00252. The van der Waals surface area contributed by atoms with Gasteiger partial charge in [-0.2, -0.15) is 0 Å². The summed E-state index contributed by atoms with van der Waals surface area (Å²) in [5, 5.41) is 0. The Balaban J connectivity index is 2.19. The molecule has 1 aromatic carbocycles. The van der Waals surface area contributed by atoms with Gasteiger partial charge in [0.25, 0.3) is 0 Å². The molecule has 1 saturated heterocycles. The molecule has 0 amide bonds. The molecular formula is C22H35NO2. The Bertz CT molecular complexity index is 569. The standard InChI is InChI=1S/C22H35NO2/c1-16(15-23-10-8-9-11-23)25-20(24)17-12-18(21(2,3)4)14-19(13-17)22(5,6)7/h12-14,16H,8-11,15H2,1-7H3/t16-/m1/s1. The van der Waals surface area contributed by atoms with Crippen LogP contribution in [0.5, 0.6) is 0 Å². The SMILES string of the molecule is C[C@H](CN1CCCC1)OC(=O)c1cc(C(C)(C)C)cc(C(C)(C)C)c1. The van der Waals surface area contributed by atoms with Gasteiger partial charge in [-0.1, -0.05) is 47.6 Å². The summed E-state index contributed by atoms with van der Waals surface area (Å²) in [4.78, 5) is 15.1. The molecule has 1 aromatic rings. The van der Waals surface area contributed by atoms with Gasteiger partial charge in [0.05, 0.1) is 5.56 Å². The van der Waals surface area contributed by atoms with Crippen LogP contribution in [0.1, 0.15) is 82.8 Å². The second-order valence-corrected chi connectivity index (χ2v) is 9.52. The van der Waals surface area contributed by atoms with Crippen molar-refractivity contribution in [1.29, 1.82) is 0 Å². The van der Waals surface area contributed by atoms with Crippen LogP contribution in [0.25, 0.3) is 0 Å². The maximum absolute atomic E-state index is 12.7. The van der Waals surface area contributed by atoms with Crippen molar-refractivity contribution in [2.45, 2.75) is 78.2 Å². The van der Waals surface area contributed by atoms with Crippen molar-refractivity contribution in [2.24, 2.45) is 0 Å². The van der Waals surface area contributed by atoms with Gasteiger partial charge in [-0.05, 0) is 66.9 Å². The Morgan fingerprint density at radius 1 is 1.00 bits per heavy atom. The van der Waals surface area contributed by atoms with Gasteiger partial charge in [-0.15, -0.1) is 0 Å². The van der Waals surface area contributed by atoms with Gasteiger partial charge in [0, 0.05) is 6.54 Å². The zero-order valence-corrected chi connectivity index (χ0v) is 17.1. The highest BCUT2D eigenvalue weighted by Gasteiger charge is 2.24. The van der Waals surface area contributed by atoms with E-state index in [0.29, 0.717) is 5.56 Å². The molecule has 0 aliphatic carbocycles. The molecule has 25 heavy (non-hydrogen) atoms. The molecule has 3 heteroatoms. The Morgan fingerprint density at radius 2 is 1.48 bits per heavy atom. The van der Waals surface area contributed by atoms with Crippen molar-refractivity contribution in [3.8, 4) is 0 Å². The Kier molecular flexibility index (Phi) is 5.98. The maximum Gasteiger partial charge on any atom is 0.338 e. The average molecular weight is 346 g/mol. The molecule has 0 bridgehead atoms. The summed E-state index contributed by atoms with van der Waals surface area (Å²) in [6.07, 6.45) is 2.42. The number of rotatable bonds is 4. The molecule has 0 radical (unpaired) electrons. The van der Waals surface area contributed by atoms with E-state index in [1.54, 1.807) is 0 Å². The van der Waals surface area contributed by atoms with E-state index in [9.17, 15) is 4.79 Å². The van der Waals surface area contributed by atoms with Gasteiger partial charge < -0.3 is 4.74 Å². The molecule has 0 saturated carbocycles. The van der Waals surface area contributed by atoms with E-state index >= 15 is 0 Å². The summed E-state index contributed by atoms with van der Waals surface area (Å²) in [6, 6.07) is 6.23. The highest BCUT2D eigenvalue weighted by molar-refractivity contribution is 5.90. The minimum atomic E-state index is -0.205. The lowest BCUT2D eigenvalue weighted by Crippen LogP contribution is -2.31. The van der Waals surface area contributed by atoms with Gasteiger partial charge in [0.15, 0.2) is 0 Å². The van der Waals surface area contributed by atoms with E-state index in [1.165, 1.54) is 24.0 Å². The van der Waals surface area contributed by atoms with E-state index in [2.05, 4.69) is 52.5 Å². The molecule has 2 rings (SSSR count). The fourth-order valence-electron chi connectivity index (χ4n) is 3.23. The number of carbonyl (C=O) groups is 1. The van der Waals surface area contributed by atoms with Crippen molar-refractivity contribution in [2.75, 3.05) is 19.6 Å². The molecule has 0 aromatic heterocycles. The van der Waals surface area contributed by atoms with Gasteiger partial charge in [0.2, 0.25) is 0 Å². The monoisotopic (exact) mass is 345 g/mol. The molecule has 0 spiro atoms. The summed E-state index contributed by atoms with van der Waals surface area (Å²) < 4.78 is 5.75. The van der Waals surface area contributed by atoms with Crippen LogP contribution in [-0.2, 0) is 15.6 Å². The number of esters is 1. The predicted molar refractivity (Wildman–Crippen MR) is 104 cm³/mol. The Labute approximate surface area is 153 Å². The van der Waals surface area contributed by atoms with Crippen molar-refractivity contribution in [3.05, 3.63) is 34.9 Å². The summed E-state index contributed by atoms with van der Waals surface area (Å²) >= 11 is 0. The normalized spacial score (nSPS) is 17.6. The molecule has 1 atom stereocenters. The highest BCUT2D eigenvalue weighted by atomic mass is 16.5. The van der Waals surface area contributed by atoms with Crippen LogP contribution in [0.2, 0.25) is 0 Å². The van der Waals surface area contributed by atoms with Crippen LogP contribution < -0.4 is 0 Å². The topological polar surface area (TPSA) is 29.5 Å². The molecular weight excluding hydrogens is 310 g/mol. The minimum Gasteiger partial charge on any atom is -0.458 e. The second kappa shape index (κ2) is 7.49. The zero-order valence-electron chi connectivity index (χ0n) is 17.1. The van der Waals surface area contributed by atoms with Crippen LogP contribution in [0.15, 0.2) is 18.2 Å². The number of likely N-dealkylation sites (tertiary alicyclic amines) is 1. The van der Waals surface area contributed by atoms with Crippen LogP contribution in [-0.4, -0.2) is 36.6 Å². The lowest BCUT2D eigenvalue weighted by molar-refractivity contribution is 0.0271. The molecule has 1 fully saturated rings. The Hall–Kier alpha value is -1.35. The largest absolute Gasteiger partial charge is 0.458 e. The third-order valence-corrected chi connectivity index (χ3v) is 4.92. The predicted octanol–water partition coefficient (Wildman–Crippen LogP) is 4.92. The van der Waals surface area contributed by atoms with E-state index in [0.717, 1.165) is 19.6 Å². The van der Waals surface area contributed by atoms with Crippen LogP contribution >= 0.6 is 0 Å². The number of benzene rings is 1. The Morgan fingerprint density at radius 3 is 1.92 bits per heavy atom. The molecule has 140 valence electrons. The number of ether oxygens (including phenoxy) is 1. The van der Waals surface area contributed by atoms with Crippen molar-refractivity contribution in [1.82, 2.24) is 4.90 Å². The summed E-state index contributed by atoms with van der Waals surface area (Å²) in [5.74, 6) is -0.205. The smallest absolute Gasteiger partial charge is 0.338 e. The number of carbonyl (C=O) groups excluding carboxylic acids is 1. The lowest BCUT2D eigenvalue weighted by atomic mass is 9.79. The van der Waals surface area contributed by atoms with Crippen molar-refractivity contribution >= 4 is 5.97 Å². The van der Waals surface area contributed by atoms with Crippen molar-refractivity contribution in [3.63, 3.8) is 0 Å². The lowest BCUT2D eigenvalue weighted by Gasteiger charge is -2.26. The molecule has 1 aliphatic rings.